The molecule has 0 saturated carbocycles. The summed E-state index contributed by atoms with van der Waals surface area (Å²) in [6.45, 7) is 4.34. The number of carbonyl (C=O) groups excluding carboxylic acids is 1. The summed E-state index contributed by atoms with van der Waals surface area (Å²) >= 11 is 0. The van der Waals surface area contributed by atoms with Gasteiger partial charge in [0.15, 0.2) is 0 Å². The Balaban J connectivity index is 1.46. The molecule has 220 valence electrons. The molecule has 0 spiro atoms. The lowest BCUT2D eigenvalue weighted by molar-refractivity contribution is -0.143. The number of alkyl halides is 6. The summed E-state index contributed by atoms with van der Waals surface area (Å²) in [5, 5.41) is 2.50. The van der Waals surface area contributed by atoms with Crippen molar-refractivity contribution in [1.82, 2.24) is 10.2 Å². The molecule has 1 heterocycles. The lowest BCUT2D eigenvalue weighted by atomic mass is 9.94. The largest absolute Gasteiger partial charge is 0.416 e. The quantitative estimate of drug-likeness (QED) is 0.295. The van der Waals surface area contributed by atoms with Crippen molar-refractivity contribution in [3.05, 3.63) is 101 Å². The Morgan fingerprint density at radius 2 is 1.51 bits per heavy atom. The van der Waals surface area contributed by atoms with Gasteiger partial charge >= 0.3 is 12.4 Å². The third-order valence-corrected chi connectivity index (χ3v) is 7.24. The Morgan fingerprint density at radius 3 is 2.07 bits per heavy atom. The topological polar surface area (TPSA) is 35.6 Å². The zero-order chi connectivity index (χ0) is 29.8. The van der Waals surface area contributed by atoms with E-state index < -0.39 is 47.7 Å². The van der Waals surface area contributed by atoms with Crippen molar-refractivity contribution in [3.8, 4) is 0 Å². The van der Waals surface area contributed by atoms with E-state index in [1.165, 1.54) is 24.3 Å². The van der Waals surface area contributed by atoms with Crippen LogP contribution in [-0.4, -0.2) is 43.0 Å². The van der Waals surface area contributed by atoms with Gasteiger partial charge in [-0.05, 0) is 73.5 Å². The predicted octanol–water partition coefficient (Wildman–Crippen LogP) is 6.86. The van der Waals surface area contributed by atoms with Crippen molar-refractivity contribution in [3.63, 3.8) is 0 Å². The van der Waals surface area contributed by atoms with Crippen LogP contribution in [0.4, 0.5) is 36.4 Å². The molecule has 1 aliphatic heterocycles. The SMILES string of the molecule is CC1CN(CC[C@H](C(=O)NCc2cc(C(F)(F)F)cc(C(F)(F)F)c2)c2ccc(F)cc2)CCN1c1ccccc1. The molecular formula is C30H30F7N3O. The fourth-order valence-corrected chi connectivity index (χ4v) is 5.13. The standard InChI is InChI=1S/C30H30F7N3O/c1-20-19-39(13-14-40(20)26-5-3-2-4-6-26)12-11-27(22-7-9-25(31)10-8-22)28(41)38-18-21-15-23(29(32,33)34)17-24(16-21)30(35,36)37/h2-10,15-17,20,27H,11-14,18-19H2,1H3,(H,38,41)/t20?,27-/m0/s1. The number of para-hydroxylation sites is 1. The van der Waals surface area contributed by atoms with Crippen LogP contribution in [0.3, 0.4) is 0 Å². The van der Waals surface area contributed by atoms with E-state index in [9.17, 15) is 35.5 Å². The number of piperazine rings is 1. The predicted molar refractivity (Wildman–Crippen MR) is 142 cm³/mol. The van der Waals surface area contributed by atoms with Gasteiger partial charge in [0.1, 0.15) is 5.82 Å². The van der Waals surface area contributed by atoms with E-state index in [1.807, 2.05) is 30.3 Å². The highest BCUT2D eigenvalue weighted by molar-refractivity contribution is 5.83. The maximum absolute atomic E-state index is 13.6. The van der Waals surface area contributed by atoms with E-state index in [0.717, 1.165) is 25.3 Å². The van der Waals surface area contributed by atoms with E-state index >= 15 is 0 Å². The van der Waals surface area contributed by atoms with Crippen LogP contribution in [0.1, 0.15) is 41.5 Å². The first kappa shape index (κ1) is 30.4. The van der Waals surface area contributed by atoms with Crippen LogP contribution in [0, 0.1) is 5.82 Å². The highest BCUT2D eigenvalue weighted by atomic mass is 19.4. The smallest absolute Gasteiger partial charge is 0.366 e. The Morgan fingerprint density at radius 1 is 0.902 bits per heavy atom. The van der Waals surface area contributed by atoms with Crippen molar-refractivity contribution in [2.24, 2.45) is 0 Å². The molecule has 0 bridgehead atoms. The van der Waals surface area contributed by atoms with Gasteiger partial charge in [0.05, 0.1) is 17.0 Å². The number of hydrogen-bond donors (Lipinski definition) is 1. The molecular weight excluding hydrogens is 551 g/mol. The number of nitrogens with one attached hydrogen (secondary N) is 1. The summed E-state index contributed by atoms with van der Waals surface area (Å²) in [7, 11) is 0. The second kappa shape index (κ2) is 12.5. The number of anilines is 1. The van der Waals surface area contributed by atoms with E-state index in [-0.39, 0.29) is 17.7 Å². The average molecular weight is 582 g/mol. The van der Waals surface area contributed by atoms with Crippen LogP contribution >= 0.6 is 0 Å². The minimum atomic E-state index is -4.99. The Kier molecular flexibility index (Phi) is 9.26. The number of carbonyl (C=O) groups is 1. The molecule has 3 aromatic rings. The first-order valence-corrected chi connectivity index (χ1v) is 13.2. The van der Waals surface area contributed by atoms with E-state index in [2.05, 4.69) is 22.0 Å². The molecule has 1 saturated heterocycles. The number of benzene rings is 3. The fraction of sp³-hybridized carbons (Fsp3) is 0.367. The first-order valence-electron chi connectivity index (χ1n) is 13.2. The van der Waals surface area contributed by atoms with Gasteiger partial charge in [-0.25, -0.2) is 4.39 Å². The van der Waals surface area contributed by atoms with Gasteiger partial charge < -0.3 is 10.2 Å². The summed E-state index contributed by atoms with van der Waals surface area (Å²) in [5.74, 6) is -1.85. The summed E-state index contributed by atoms with van der Waals surface area (Å²) in [6.07, 6.45) is -9.65. The lowest BCUT2D eigenvalue weighted by Gasteiger charge is -2.41. The number of nitrogens with zero attached hydrogens (tertiary/aromatic N) is 2. The summed E-state index contributed by atoms with van der Waals surface area (Å²) < 4.78 is 93.1. The molecule has 2 atom stereocenters. The Hall–Kier alpha value is -3.60. The molecule has 1 amide bonds. The molecule has 11 heteroatoms. The minimum Gasteiger partial charge on any atom is -0.366 e. The molecule has 4 rings (SSSR count). The van der Waals surface area contributed by atoms with Gasteiger partial charge in [-0.2, -0.15) is 26.3 Å². The van der Waals surface area contributed by atoms with Gasteiger partial charge in [0, 0.05) is 37.9 Å². The molecule has 0 aliphatic carbocycles. The fourth-order valence-electron chi connectivity index (χ4n) is 5.13. The highest BCUT2D eigenvalue weighted by Gasteiger charge is 2.37. The third-order valence-electron chi connectivity index (χ3n) is 7.24. The number of hydrogen-bond acceptors (Lipinski definition) is 3. The summed E-state index contributed by atoms with van der Waals surface area (Å²) in [5.41, 5.74) is -1.61. The molecule has 3 aromatic carbocycles. The van der Waals surface area contributed by atoms with Gasteiger partial charge in [-0.3, -0.25) is 9.69 Å². The maximum atomic E-state index is 13.6. The lowest BCUT2D eigenvalue weighted by Crippen LogP contribution is -2.52. The van der Waals surface area contributed by atoms with Gasteiger partial charge in [-0.1, -0.05) is 30.3 Å². The molecule has 1 aliphatic rings. The van der Waals surface area contributed by atoms with Gasteiger partial charge in [0.2, 0.25) is 5.91 Å². The number of halogens is 7. The number of amides is 1. The van der Waals surface area contributed by atoms with E-state index in [0.29, 0.717) is 30.7 Å². The molecule has 0 radical (unpaired) electrons. The third kappa shape index (κ3) is 8.00. The van der Waals surface area contributed by atoms with E-state index in [4.69, 9.17) is 0 Å². The van der Waals surface area contributed by atoms with Crippen molar-refractivity contribution in [2.45, 2.75) is 44.2 Å². The molecule has 4 nitrogen and oxygen atoms in total. The Bertz CT molecular complexity index is 1280. The van der Waals surface area contributed by atoms with Gasteiger partial charge in [0.25, 0.3) is 0 Å². The monoisotopic (exact) mass is 581 g/mol. The normalized spacial score (nSPS) is 17.4. The maximum Gasteiger partial charge on any atom is 0.416 e. The molecule has 1 unspecified atom stereocenters. The van der Waals surface area contributed by atoms with Crippen molar-refractivity contribution < 1.29 is 35.5 Å². The van der Waals surface area contributed by atoms with Crippen molar-refractivity contribution in [1.29, 1.82) is 0 Å². The van der Waals surface area contributed by atoms with Crippen molar-refractivity contribution >= 4 is 11.6 Å². The second-order valence-corrected chi connectivity index (χ2v) is 10.2. The van der Waals surface area contributed by atoms with Gasteiger partial charge in [-0.15, -0.1) is 0 Å². The second-order valence-electron chi connectivity index (χ2n) is 10.2. The summed E-state index contributed by atoms with van der Waals surface area (Å²) in [6, 6.07) is 16.8. The zero-order valence-corrected chi connectivity index (χ0v) is 22.3. The van der Waals surface area contributed by atoms with Crippen molar-refractivity contribution in [2.75, 3.05) is 31.1 Å². The highest BCUT2D eigenvalue weighted by Crippen LogP contribution is 2.36. The van der Waals surface area contributed by atoms with Crippen LogP contribution in [0.5, 0.6) is 0 Å². The minimum absolute atomic E-state index is 0.0468. The van der Waals surface area contributed by atoms with Crippen LogP contribution in [0.25, 0.3) is 0 Å². The van der Waals surface area contributed by atoms with Crippen LogP contribution < -0.4 is 10.2 Å². The zero-order valence-electron chi connectivity index (χ0n) is 22.3. The Labute approximate surface area is 233 Å². The van der Waals surface area contributed by atoms with Crippen LogP contribution in [0.2, 0.25) is 0 Å². The number of rotatable bonds is 8. The molecule has 0 aromatic heterocycles. The molecule has 1 N–H and O–H groups in total. The summed E-state index contributed by atoms with van der Waals surface area (Å²) in [4.78, 5) is 17.8. The average Bonchev–Trinajstić information content (AvgIpc) is 2.92. The molecule has 41 heavy (non-hydrogen) atoms. The van der Waals surface area contributed by atoms with Crippen LogP contribution in [-0.2, 0) is 23.7 Å². The van der Waals surface area contributed by atoms with Crippen LogP contribution in [0.15, 0.2) is 72.8 Å². The first-order chi connectivity index (χ1) is 19.3. The molecule has 1 fully saturated rings. The van der Waals surface area contributed by atoms with E-state index in [1.54, 1.807) is 0 Å².